The minimum Gasteiger partial charge on any atom is -0.333 e. The van der Waals surface area contributed by atoms with Crippen molar-refractivity contribution in [3.05, 3.63) is 53.3 Å². The second-order valence-corrected chi connectivity index (χ2v) is 8.34. The third kappa shape index (κ3) is 2.71. The van der Waals surface area contributed by atoms with E-state index in [0.29, 0.717) is 23.9 Å². The molecule has 5 nitrogen and oxygen atoms in total. The third-order valence-electron chi connectivity index (χ3n) is 6.93. The lowest BCUT2D eigenvalue weighted by Gasteiger charge is -2.51. The highest BCUT2D eigenvalue weighted by Crippen LogP contribution is 2.47. The number of aryl methyl sites for hydroxylation is 1. The van der Waals surface area contributed by atoms with Gasteiger partial charge in [-0.25, -0.2) is 0 Å². The van der Waals surface area contributed by atoms with Crippen LogP contribution in [0.5, 0.6) is 0 Å². The number of nitrogens with one attached hydrogen (secondary N) is 1. The summed E-state index contributed by atoms with van der Waals surface area (Å²) in [7, 11) is 0. The summed E-state index contributed by atoms with van der Waals surface area (Å²) >= 11 is 0. The molecule has 4 fully saturated rings. The van der Waals surface area contributed by atoms with Gasteiger partial charge in [0.1, 0.15) is 0 Å². The van der Waals surface area contributed by atoms with Gasteiger partial charge in [0.05, 0.1) is 17.8 Å². The minimum absolute atomic E-state index is 0.175. The third-order valence-corrected chi connectivity index (χ3v) is 6.93. The van der Waals surface area contributed by atoms with Gasteiger partial charge >= 0.3 is 0 Å². The average molecular weight is 364 g/mol. The van der Waals surface area contributed by atoms with Gasteiger partial charge in [0.15, 0.2) is 0 Å². The SMILES string of the molecule is CCCc1[nH]ncc1C(=O)N1C[C@@H](c2ccccc2)[C@@H]2[C@H]1C1CCN2CC1. The van der Waals surface area contributed by atoms with Gasteiger partial charge in [-0.15, -0.1) is 0 Å². The van der Waals surface area contributed by atoms with Gasteiger partial charge in [-0.1, -0.05) is 43.7 Å². The number of H-pyrrole nitrogens is 1. The lowest BCUT2D eigenvalue weighted by atomic mass is 9.75. The quantitative estimate of drug-likeness (QED) is 0.907. The molecular weight excluding hydrogens is 336 g/mol. The molecule has 0 aliphatic carbocycles. The van der Waals surface area contributed by atoms with E-state index in [4.69, 9.17) is 0 Å². The number of aromatic amines is 1. The predicted octanol–water partition coefficient (Wildman–Crippen LogP) is 3.06. The van der Waals surface area contributed by atoms with Crippen molar-refractivity contribution in [2.24, 2.45) is 5.92 Å². The first kappa shape index (κ1) is 17.0. The van der Waals surface area contributed by atoms with E-state index in [9.17, 15) is 4.79 Å². The summed E-state index contributed by atoms with van der Waals surface area (Å²) in [5.41, 5.74) is 3.14. The van der Waals surface area contributed by atoms with E-state index < -0.39 is 0 Å². The molecule has 2 aromatic rings. The standard InChI is InChI=1S/C22H28N4O/c1-2-6-19-17(13-23-24-19)22(27)26-14-18(15-7-4-3-5-8-15)21-20(26)16-9-11-25(21)12-10-16/h3-5,7-8,13,16,18,20-21H,2,6,9-12,14H2,1H3,(H,23,24)/t18-,20+,21+/m0/s1. The van der Waals surface area contributed by atoms with Crippen molar-refractivity contribution in [1.29, 1.82) is 0 Å². The molecule has 142 valence electrons. The molecule has 1 aromatic heterocycles. The number of likely N-dealkylation sites (tertiary alicyclic amines) is 1. The second-order valence-electron chi connectivity index (χ2n) is 8.34. The number of hydrogen-bond acceptors (Lipinski definition) is 3. The van der Waals surface area contributed by atoms with Crippen LogP contribution in [0.2, 0.25) is 0 Å². The molecule has 27 heavy (non-hydrogen) atoms. The highest BCUT2D eigenvalue weighted by atomic mass is 16.2. The average Bonchev–Trinajstić information content (AvgIpc) is 3.35. The fourth-order valence-corrected chi connectivity index (χ4v) is 5.74. The molecule has 5 heteroatoms. The van der Waals surface area contributed by atoms with E-state index in [1.54, 1.807) is 6.20 Å². The number of benzene rings is 1. The van der Waals surface area contributed by atoms with Crippen molar-refractivity contribution in [2.45, 2.75) is 50.6 Å². The molecule has 0 radical (unpaired) electrons. The summed E-state index contributed by atoms with van der Waals surface area (Å²) < 4.78 is 0. The van der Waals surface area contributed by atoms with Gasteiger partial charge in [-0.3, -0.25) is 14.8 Å². The molecule has 2 bridgehead atoms. The number of fused-ring (bicyclic) bond motifs is 2. The predicted molar refractivity (Wildman–Crippen MR) is 105 cm³/mol. The molecule has 1 amide bonds. The van der Waals surface area contributed by atoms with Crippen molar-refractivity contribution >= 4 is 5.91 Å². The van der Waals surface area contributed by atoms with Crippen molar-refractivity contribution in [3.63, 3.8) is 0 Å². The Morgan fingerprint density at radius 2 is 1.96 bits per heavy atom. The molecule has 1 N–H and O–H groups in total. The maximum absolute atomic E-state index is 13.6. The first-order chi connectivity index (χ1) is 13.3. The fraction of sp³-hybridized carbons (Fsp3) is 0.545. The van der Waals surface area contributed by atoms with Crippen molar-refractivity contribution in [1.82, 2.24) is 20.0 Å². The van der Waals surface area contributed by atoms with Crippen LogP contribution in [0.4, 0.5) is 0 Å². The lowest BCUT2D eigenvalue weighted by Crippen LogP contribution is -2.60. The second kappa shape index (κ2) is 6.79. The molecule has 1 aromatic carbocycles. The van der Waals surface area contributed by atoms with Crippen LogP contribution >= 0.6 is 0 Å². The largest absolute Gasteiger partial charge is 0.333 e. The van der Waals surface area contributed by atoms with Crippen LogP contribution in [0.15, 0.2) is 36.5 Å². The Bertz CT molecular complexity index is 809. The van der Waals surface area contributed by atoms with E-state index in [2.05, 4.69) is 57.3 Å². The zero-order valence-electron chi connectivity index (χ0n) is 16.0. The van der Waals surface area contributed by atoms with E-state index in [0.717, 1.165) is 30.6 Å². The first-order valence-corrected chi connectivity index (χ1v) is 10.4. The van der Waals surface area contributed by atoms with Crippen molar-refractivity contribution < 1.29 is 4.79 Å². The topological polar surface area (TPSA) is 52.2 Å². The number of aromatic nitrogens is 2. The van der Waals surface area contributed by atoms with Crippen molar-refractivity contribution in [2.75, 3.05) is 19.6 Å². The summed E-state index contributed by atoms with van der Waals surface area (Å²) in [4.78, 5) is 18.4. The highest BCUT2D eigenvalue weighted by molar-refractivity contribution is 5.95. The van der Waals surface area contributed by atoms with Crippen LogP contribution in [-0.4, -0.2) is 57.6 Å². The monoisotopic (exact) mass is 364 g/mol. The van der Waals surface area contributed by atoms with E-state index in [1.165, 1.54) is 31.5 Å². The number of carbonyl (C=O) groups excluding carboxylic acids is 1. The number of hydrogen-bond donors (Lipinski definition) is 1. The molecular formula is C22H28N4O. The van der Waals surface area contributed by atoms with Gasteiger partial charge in [0, 0.05) is 24.2 Å². The summed E-state index contributed by atoms with van der Waals surface area (Å²) in [5, 5.41) is 7.23. The Hall–Kier alpha value is -2.14. The Kier molecular flexibility index (Phi) is 4.27. The van der Waals surface area contributed by atoms with E-state index in [1.807, 2.05) is 0 Å². The van der Waals surface area contributed by atoms with Gasteiger partial charge in [0.2, 0.25) is 0 Å². The molecule has 4 saturated heterocycles. The van der Waals surface area contributed by atoms with Crippen LogP contribution in [0.3, 0.4) is 0 Å². The van der Waals surface area contributed by atoms with Crippen LogP contribution in [-0.2, 0) is 6.42 Å². The summed E-state index contributed by atoms with van der Waals surface area (Å²) in [6.07, 6.45) is 6.07. The summed E-state index contributed by atoms with van der Waals surface area (Å²) in [6, 6.07) is 11.6. The Labute approximate surface area is 160 Å². The van der Waals surface area contributed by atoms with Gasteiger partial charge < -0.3 is 4.90 Å². The normalized spacial score (nSPS) is 31.9. The number of rotatable bonds is 4. The van der Waals surface area contributed by atoms with Crippen LogP contribution in [0, 0.1) is 5.92 Å². The maximum Gasteiger partial charge on any atom is 0.257 e. The number of piperidine rings is 3. The first-order valence-electron chi connectivity index (χ1n) is 10.4. The molecule has 4 aliphatic rings. The Morgan fingerprint density at radius 3 is 2.70 bits per heavy atom. The Balaban J connectivity index is 1.51. The van der Waals surface area contributed by atoms with Gasteiger partial charge in [-0.2, -0.15) is 5.10 Å². The summed E-state index contributed by atoms with van der Waals surface area (Å²) in [5.74, 6) is 1.22. The fourth-order valence-electron chi connectivity index (χ4n) is 5.74. The van der Waals surface area contributed by atoms with Crippen LogP contribution in [0.1, 0.15) is 53.7 Å². The zero-order valence-corrected chi connectivity index (χ0v) is 16.0. The molecule has 3 atom stereocenters. The summed E-state index contributed by atoms with van der Waals surface area (Å²) in [6.45, 7) is 5.33. The van der Waals surface area contributed by atoms with Gasteiger partial charge in [-0.05, 0) is 43.8 Å². The molecule has 0 saturated carbocycles. The minimum atomic E-state index is 0.175. The molecule has 5 heterocycles. The van der Waals surface area contributed by atoms with Crippen LogP contribution < -0.4 is 0 Å². The van der Waals surface area contributed by atoms with Gasteiger partial charge in [0.25, 0.3) is 5.91 Å². The zero-order chi connectivity index (χ0) is 18.4. The molecule has 0 unspecified atom stereocenters. The lowest BCUT2D eigenvalue weighted by molar-refractivity contribution is -0.00343. The number of nitrogens with zero attached hydrogens (tertiary/aromatic N) is 3. The maximum atomic E-state index is 13.6. The smallest absolute Gasteiger partial charge is 0.257 e. The van der Waals surface area contributed by atoms with E-state index >= 15 is 0 Å². The number of carbonyl (C=O) groups is 1. The Morgan fingerprint density at radius 1 is 1.19 bits per heavy atom. The molecule has 6 rings (SSSR count). The molecule has 4 aliphatic heterocycles. The van der Waals surface area contributed by atoms with Crippen LogP contribution in [0.25, 0.3) is 0 Å². The van der Waals surface area contributed by atoms with E-state index in [-0.39, 0.29) is 5.91 Å². The van der Waals surface area contributed by atoms with Crippen molar-refractivity contribution in [3.8, 4) is 0 Å². The highest BCUT2D eigenvalue weighted by Gasteiger charge is 2.54. The molecule has 0 spiro atoms. The number of amides is 1.